The Morgan fingerprint density at radius 3 is 2.41 bits per heavy atom. The van der Waals surface area contributed by atoms with Gasteiger partial charge in [-0.2, -0.15) is 0 Å². The molecule has 1 aliphatic heterocycles. The third-order valence-electron chi connectivity index (χ3n) is 2.69. The van der Waals surface area contributed by atoms with E-state index in [9.17, 15) is 8.42 Å². The van der Waals surface area contributed by atoms with Crippen LogP contribution in [0.4, 0.5) is 0 Å². The van der Waals surface area contributed by atoms with Gasteiger partial charge in [0.05, 0.1) is 24.2 Å². The third kappa shape index (κ3) is 2.96. The average Bonchev–Trinajstić information content (AvgIpc) is 2.26. The Morgan fingerprint density at radius 1 is 1.35 bits per heavy atom. The summed E-state index contributed by atoms with van der Waals surface area (Å²) >= 11 is 0. The molecule has 5 nitrogen and oxygen atoms in total. The van der Waals surface area contributed by atoms with Crippen molar-refractivity contribution in [3.05, 3.63) is 29.8 Å². The first-order valence-electron chi connectivity index (χ1n) is 5.33. The summed E-state index contributed by atoms with van der Waals surface area (Å²) in [5, 5.41) is 8.88. The van der Waals surface area contributed by atoms with Gasteiger partial charge in [0.1, 0.15) is 11.9 Å². The standard InChI is InChI=1S/C11H15NO4S/c12-11(5-13)8-1-3-9(4-2-8)16-10-6-17(14,15)7-10/h1-4,10-11,13H,5-7,12H2. The Balaban J connectivity index is 1.95. The van der Waals surface area contributed by atoms with Crippen LogP contribution < -0.4 is 10.5 Å². The van der Waals surface area contributed by atoms with E-state index >= 15 is 0 Å². The van der Waals surface area contributed by atoms with Gasteiger partial charge in [-0.15, -0.1) is 0 Å². The molecule has 1 atom stereocenters. The number of hydrogen-bond donors (Lipinski definition) is 2. The topological polar surface area (TPSA) is 89.6 Å². The van der Waals surface area contributed by atoms with Crippen molar-refractivity contribution in [2.75, 3.05) is 18.1 Å². The third-order valence-corrected chi connectivity index (χ3v) is 4.45. The molecule has 0 amide bonds. The number of aliphatic hydroxyl groups excluding tert-OH is 1. The van der Waals surface area contributed by atoms with Crippen molar-refractivity contribution >= 4 is 9.84 Å². The molecule has 1 saturated heterocycles. The summed E-state index contributed by atoms with van der Waals surface area (Å²) in [4.78, 5) is 0. The van der Waals surface area contributed by atoms with E-state index in [1.165, 1.54) is 0 Å². The quantitative estimate of drug-likeness (QED) is 0.783. The largest absolute Gasteiger partial charge is 0.488 e. The first-order valence-corrected chi connectivity index (χ1v) is 7.16. The Labute approximate surface area is 100 Å². The Bertz CT molecular complexity index is 471. The number of hydrogen-bond acceptors (Lipinski definition) is 5. The first kappa shape index (κ1) is 12.3. The number of benzene rings is 1. The zero-order chi connectivity index (χ0) is 12.5. The molecule has 1 aromatic carbocycles. The van der Waals surface area contributed by atoms with E-state index in [1.54, 1.807) is 24.3 Å². The molecule has 6 heteroatoms. The van der Waals surface area contributed by atoms with Crippen molar-refractivity contribution in [3.8, 4) is 5.75 Å². The molecule has 1 unspecified atom stereocenters. The zero-order valence-electron chi connectivity index (χ0n) is 9.24. The number of ether oxygens (including phenoxy) is 1. The van der Waals surface area contributed by atoms with E-state index in [0.717, 1.165) is 5.56 Å². The SMILES string of the molecule is NC(CO)c1ccc(OC2CS(=O)(=O)C2)cc1. The fourth-order valence-electron chi connectivity index (χ4n) is 1.68. The van der Waals surface area contributed by atoms with Gasteiger partial charge in [-0.25, -0.2) is 8.42 Å². The molecule has 0 saturated carbocycles. The molecule has 1 aromatic rings. The molecule has 0 aromatic heterocycles. The van der Waals surface area contributed by atoms with Crippen LogP contribution in [0.1, 0.15) is 11.6 Å². The van der Waals surface area contributed by atoms with Gasteiger partial charge in [0.15, 0.2) is 9.84 Å². The van der Waals surface area contributed by atoms with Crippen LogP contribution in [0.15, 0.2) is 24.3 Å². The minimum Gasteiger partial charge on any atom is -0.488 e. The lowest BCUT2D eigenvalue weighted by Crippen LogP contribution is -2.45. The predicted molar refractivity (Wildman–Crippen MR) is 63.5 cm³/mol. The van der Waals surface area contributed by atoms with Crippen LogP contribution in [0.3, 0.4) is 0 Å². The molecule has 1 heterocycles. The molecule has 0 bridgehead atoms. The van der Waals surface area contributed by atoms with Crippen molar-refractivity contribution in [2.45, 2.75) is 12.1 Å². The summed E-state index contributed by atoms with van der Waals surface area (Å²) in [6.07, 6.45) is -0.239. The number of rotatable bonds is 4. The highest BCUT2D eigenvalue weighted by molar-refractivity contribution is 7.92. The summed E-state index contributed by atoms with van der Waals surface area (Å²) in [6.45, 7) is -0.110. The van der Waals surface area contributed by atoms with Crippen LogP contribution in [0.5, 0.6) is 5.75 Å². The van der Waals surface area contributed by atoms with E-state index in [4.69, 9.17) is 15.6 Å². The number of aliphatic hydroxyl groups is 1. The fourth-order valence-corrected chi connectivity index (χ4v) is 2.85. The van der Waals surface area contributed by atoms with Crippen molar-refractivity contribution in [1.29, 1.82) is 0 Å². The van der Waals surface area contributed by atoms with Gasteiger partial charge in [0.25, 0.3) is 0 Å². The monoisotopic (exact) mass is 257 g/mol. The molecule has 2 rings (SSSR count). The molecular weight excluding hydrogens is 242 g/mol. The molecule has 0 spiro atoms. The molecule has 1 aliphatic rings. The Kier molecular flexibility index (Phi) is 3.37. The average molecular weight is 257 g/mol. The van der Waals surface area contributed by atoms with Crippen LogP contribution in [0.2, 0.25) is 0 Å². The van der Waals surface area contributed by atoms with E-state index in [1.807, 2.05) is 0 Å². The molecule has 3 N–H and O–H groups in total. The molecule has 94 valence electrons. The van der Waals surface area contributed by atoms with E-state index < -0.39 is 15.9 Å². The van der Waals surface area contributed by atoms with Gasteiger partial charge in [-0.1, -0.05) is 12.1 Å². The first-order chi connectivity index (χ1) is 8.00. The van der Waals surface area contributed by atoms with Crippen LogP contribution in [-0.2, 0) is 9.84 Å². The highest BCUT2D eigenvalue weighted by atomic mass is 32.2. The number of nitrogens with two attached hydrogens (primary N) is 1. The van der Waals surface area contributed by atoms with Gasteiger partial charge in [-0.05, 0) is 17.7 Å². The second-order valence-corrected chi connectivity index (χ2v) is 6.33. The van der Waals surface area contributed by atoms with Gasteiger partial charge in [-0.3, -0.25) is 0 Å². The summed E-state index contributed by atoms with van der Waals surface area (Å²) in [5.41, 5.74) is 6.47. The van der Waals surface area contributed by atoms with E-state index in [0.29, 0.717) is 5.75 Å². The maximum absolute atomic E-state index is 10.9. The van der Waals surface area contributed by atoms with Gasteiger partial charge in [0, 0.05) is 0 Å². The van der Waals surface area contributed by atoms with Crippen molar-refractivity contribution in [1.82, 2.24) is 0 Å². The second-order valence-electron chi connectivity index (χ2n) is 4.17. The molecule has 17 heavy (non-hydrogen) atoms. The summed E-state index contributed by atoms with van der Waals surface area (Å²) < 4.78 is 27.4. The van der Waals surface area contributed by atoms with Crippen LogP contribution in [0, 0.1) is 0 Å². The minimum absolute atomic E-state index is 0.0882. The molecule has 0 aliphatic carbocycles. The predicted octanol–water partition coefficient (Wildman–Crippen LogP) is -0.146. The smallest absolute Gasteiger partial charge is 0.157 e. The van der Waals surface area contributed by atoms with Crippen molar-refractivity contribution in [2.24, 2.45) is 5.73 Å². The molecule has 1 fully saturated rings. The van der Waals surface area contributed by atoms with Crippen molar-refractivity contribution in [3.63, 3.8) is 0 Å². The van der Waals surface area contributed by atoms with E-state index in [2.05, 4.69) is 0 Å². The molecular formula is C11H15NO4S. The van der Waals surface area contributed by atoms with Crippen LogP contribution in [0.25, 0.3) is 0 Å². The number of sulfone groups is 1. The summed E-state index contributed by atoms with van der Waals surface area (Å²) in [5.74, 6) is 0.800. The maximum atomic E-state index is 10.9. The minimum atomic E-state index is -2.85. The lowest BCUT2D eigenvalue weighted by molar-refractivity contribution is 0.230. The molecule has 0 radical (unpaired) electrons. The summed E-state index contributed by atoms with van der Waals surface area (Å²) in [7, 11) is -2.85. The van der Waals surface area contributed by atoms with Gasteiger partial charge < -0.3 is 15.6 Å². The highest BCUT2D eigenvalue weighted by Gasteiger charge is 2.35. The lowest BCUT2D eigenvalue weighted by atomic mass is 10.1. The van der Waals surface area contributed by atoms with Crippen molar-refractivity contribution < 1.29 is 18.3 Å². The Morgan fingerprint density at radius 2 is 1.94 bits per heavy atom. The maximum Gasteiger partial charge on any atom is 0.157 e. The zero-order valence-corrected chi connectivity index (χ0v) is 10.1. The highest BCUT2D eigenvalue weighted by Crippen LogP contribution is 2.21. The van der Waals surface area contributed by atoms with Crippen LogP contribution in [-0.4, -0.2) is 37.7 Å². The van der Waals surface area contributed by atoms with Gasteiger partial charge >= 0.3 is 0 Å². The second kappa shape index (κ2) is 4.64. The van der Waals surface area contributed by atoms with E-state index in [-0.39, 0.29) is 24.2 Å². The van der Waals surface area contributed by atoms with Crippen LogP contribution >= 0.6 is 0 Å². The fraction of sp³-hybridized carbons (Fsp3) is 0.455. The lowest BCUT2D eigenvalue weighted by Gasteiger charge is -2.26. The Hall–Kier alpha value is -1.11. The van der Waals surface area contributed by atoms with Gasteiger partial charge in [0.2, 0.25) is 0 Å². The normalized spacial score (nSPS) is 20.6. The summed E-state index contributed by atoms with van der Waals surface area (Å²) in [6, 6.07) is 6.60.